The number of nitrogens with zero attached hydrogens (tertiary/aromatic N) is 2. The maximum Gasteiger partial charge on any atom is 0.252 e. The lowest BCUT2D eigenvalue weighted by Gasteiger charge is -2.20. The van der Waals surface area contributed by atoms with Crippen molar-refractivity contribution in [2.24, 2.45) is 5.92 Å². The molecule has 1 aromatic carbocycles. The summed E-state index contributed by atoms with van der Waals surface area (Å²) in [7, 11) is -3.53. The topological polar surface area (TPSA) is 69.7 Å². The van der Waals surface area contributed by atoms with Crippen LogP contribution < -0.4 is 5.32 Å². The van der Waals surface area contributed by atoms with Crippen molar-refractivity contribution in [3.8, 4) is 0 Å². The number of carbonyl (C=O) groups is 1. The van der Waals surface area contributed by atoms with Gasteiger partial charge in [-0.25, -0.2) is 8.42 Å². The summed E-state index contributed by atoms with van der Waals surface area (Å²) in [5.41, 5.74) is 0.364. The van der Waals surface area contributed by atoms with E-state index in [9.17, 15) is 13.2 Å². The normalized spacial score (nSPS) is 20.1. The van der Waals surface area contributed by atoms with Crippen LogP contribution in [-0.2, 0) is 10.0 Å². The molecular formula is C19H28BrN3O3S. The predicted molar refractivity (Wildman–Crippen MR) is 109 cm³/mol. The van der Waals surface area contributed by atoms with Crippen LogP contribution in [-0.4, -0.2) is 62.8 Å². The third-order valence-electron chi connectivity index (χ3n) is 5.26. The van der Waals surface area contributed by atoms with E-state index in [1.807, 2.05) is 0 Å². The average Bonchev–Trinajstić information content (AvgIpc) is 3.34. The summed E-state index contributed by atoms with van der Waals surface area (Å²) in [6, 6.07) is 4.69. The van der Waals surface area contributed by atoms with Gasteiger partial charge in [0.05, 0.1) is 10.5 Å². The highest BCUT2D eigenvalue weighted by molar-refractivity contribution is 9.10. The fraction of sp³-hybridized carbons (Fsp3) is 0.632. The molecule has 27 heavy (non-hydrogen) atoms. The van der Waals surface area contributed by atoms with Crippen molar-refractivity contribution in [1.82, 2.24) is 14.5 Å². The number of likely N-dealkylation sites (tertiary alicyclic amines) is 1. The molecule has 1 aromatic rings. The Morgan fingerprint density at radius 3 is 2.44 bits per heavy atom. The van der Waals surface area contributed by atoms with Crippen molar-refractivity contribution >= 4 is 31.9 Å². The highest BCUT2D eigenvalue weighted by Gasteiger charge is 2.28. The van der Waals surface area contributed by atoms with E-state index in [1.54, 1.807) is 12.1 Å². The van der Waals surface area contributed by atoms with Gasteiger partial charge in [0.25, 0.3) is 5.91 Å². The molecule has 1 N–H and O–H groups in total. The second-order valence-electron chi connectivity index (χ2n) is 7.58. The summed E-state index contributed by atoms with van der Waals surface area (Å²) in [5.74, 6) is 0.107. The second kappa shape index (κ2) is 9.03. The van der Waals surface area contributed by atoms with E-state index in [-0.39, 0.29) is 10.8 Å². The van der Waals surface area contributed by atoms with Crippen molar-refractivity contribution in [3.63, 3.8) is 0 Å². The molecule has 0 aliphatic carbocycles. The predicted octanol–water partition coefficient (Wildman–Crippen LogP) is 2.70. The quantitative estimate of drug-likeness (QED) is 0.682. The van der Waals surface area contributed by atoms with Crippen LogP contribution in [0.3, 0.4) is 0 Å². The average molecular weight is 458 g/mol. The minimum Gasteiger partial charge on any atom is -0.352 e. The summed E-state index contributed by atoms with van der Waals surface area (Å²) in [6.45, 7) is 7.06. The zero-order valence-electron chi connectivity index (χ0n) is 15.8. The number of carbonyl (C=O) groups excluding carboxylic acids is 1. The van der Waals surface area contributed by atoms with Crippen molar-refractivity contribution in [3.05, 3.63) is 28.2 Å². The number of nitrogens with one attached hydrogen (secondary N) is 1. The van der Waals surface area contributed by atoms with Crippen LogP contribution in [0.5, 0.6) is 0 Å². The van der Waals surface area contributed by atoms with E-state index in [4.69, 9.17) is 0 Å². The van der Waals surface area contributed by atoms with Crippen LogP contribution in [0.2, 0.25) is 0 Å². The molecule has 2 heterocycles. The van der Waals surface area contributed by atoms with Crippen LogP contribution >= 0.6 is 15.9 Å². The Labute approximate surface area is 170 Å². The molecule has 0 saturated carbocycles. The molecule has 2 aliphatic heterocycles. The minimum atomic E-state index is -3.53. The second-order valence-corrected chi connectivity index (χ2v) is 10.4. The van der Waals surface area contributed by atoms with Gasteiger partial charge >= 0.3 is 0 Å². The zero-order chi connectivity index (χ0) is 19.4. The maximum atomic E-state index is 12.8. The lowest BCUT2D eigenvalue weighted by Crippen LogP contribution is -2.34. The van der Waals surface area contributed by atoms with E-state index in [2.05, 4.69) is 33.1 Å². The number of benzene rings is 1. The van der Waals surface area contributed by atoms with Gasteiger partial charge in [-0.05, 0) is 78.8 Å². The number of rotatable bonds is 7. The first-order valence-corrected chi connectivity index (χ1v) is 11.9. The molecule has 1 atom stereocenters. The van der Waals surface area contributed by atoms with Gasteiger partial charge in [-0.15, -0.1) is 0 Å². The summed E-state index contributed by atoms with van der Waals surface area (Å²) >= 11 is 3.38. The summed E-state index contributed by atoms with van der Waals surface area (Å²) in [4.78, 5) is 15.3. The molecule has 0 radical (unpaired) electrons. The number of amides is 1. The van der Waals surface area contributed by atoms with Gasteiger partial charge in [-0.2, -0.15) is 4.31 Å². The summed E-state index contributed by atoms with van der Waals surface area (Å²) in [6.07, 6.45) is 4.28. The number of halogens is 1. The maximum absolute atomic E-state index is 12.8. The highest BCUT2D eigenvalue weighted by Crippen LogP contribution is 2.25. The fourth-order valence-corrected chi connectivity index (χ4v) is 5.72. The smallest absolute Gasteiger partial charge is 0.252 e. The molecule has 0 aromatic heterocycles. The molecule has 8 heteroatoms. The van der Waals surface area contributed by atoms with Gasteiger partial charge in [0.15, 0.2) is 0 Å². The summed E-state index contributed by atoms with van der Waals surface area (Å²) < 4.78 is 27.6. The Bertz CT molecular complexity index is 772. The molecule has 0 bridgehead atoms. The van der Waals surface area contributed by atoms with Crippen LogP contribution in [0.1, 0.15) is 43.0 Å². The Kier molecular flexibility index (Phi) is 6.94. The van der Waals surface area contributed by atoms with Crippen molar-refractivity contribution in [2.75, 3.05) is 39.3 Å². The molecule has 0 spiro atoms. The molecule has 3 rings (SSSR count). The van der Waals surface area contributed by atoms with Crippen molar-refractivity contribution < 1.29 is 13.2 Å². The molecular weight excluding hydrogens is 430 g/mol. The van der Waals surface area contributed by atoms with Gasteiger partial charge < -0.3 is 10.2 Å². The van der Waals surface area contributed by atoms with E-state index >= 15 is 0 Å². The third kappa shape index (κ3) is 5.10. The van der Waals surface area contributed by atoms with E-state index in [0.717, 1.165) is 32.5 Å². The van der Waals surface area contributed by atoms with Crippen molar-refractivity contribution in [2.45, 2.75) is 37.5 Å². The van der Waals surface area contributed by atoms with Crippen LogP contribution in [0.25, 0.3) is 0 Å². The molecule has 1 amide bonds. The van der Waals surface area contributed by atoms with E-state index in [0.29, 0.717) is 35.6 Å². The number of sulfonamides is 1. The van der Waals surface area contributed by atoms with Crippen LogP contribution in [0, 0.1) is 5.92 Å². The molecule has 1 unspecified atom stereocenters. The Balaban J connectivity index is 1.65. The molecule has 2 aliphatic rings. The number of hydrogen-bond acceptors (Lipinski definition) is 4. The van der Waals surface area contributed by atoms with Gasteiger partial charge in [0.2, 0.25) is 10.0 Å². The first kappa shape index (κ1) is 20.8. The Morgan fingerprint density at radius 1 is 1.15 bits per heavy atom. The van der Waals surface area contributed by atoms with Gasteiger partial charge in [0, 0.05) is 30.7 Å². The first-order chi connectivity index (χ1) is 12.9. The third-order valence-corrected chi connectivity index (χ3v) is 7.85. The minimum absolute atomic E-state index is 0.183. The fourth-order valence-electron chi connectivity index (χ4n) is 3.75. The lowest BCUT2D eigenvalue weighted by atomic mass is 10.1. The molecule has 6 nitrogen and oxygen atoms in total. The van der Waals surface area contributed by atoms with Crippen LogP contribution in [0.15, 0.2) is 27.6 Å². The zero-order valence-corrected chi connectivity index (χ0v) is 18.2. The van der Waals surface area contributed by atoms with Gasteiger partial charge in [0.1, 0.15) is 0 Å². The molecule has 2 saturated heterocycles. The monoisotopic (exact) mass is 457 g/mol. The van der Waals surface area contributed by atoms with Crippen molar-refractivity contribution in [1.29, 1.82) is 0 Å². The SMILES string of the molecule is CC(CNC(=O)c1cc(S(=O)(=O)N2CCCC2)ccc1Br)CN1CCCC1. The summed E-state index contributed by atoms with van der Waals surface area (Å²) in [5, 5.41) is 2.96. The molecule has 150 valence electrons. The van der Waals surface area contributed by atoms with Gasteiger partial charge in [-0.3, -0.25) is 4.79 Å². The first-order valence-electron chi connectivity index (χ1n) is 9.68. The Hall–Kier alpha value is -0.960. The Morgan fingerprint density at radius 2 is 1.78 bits per heavy atom. The highest BCUT2D eigenvalue weighted by atomic mass is 79.9. The number of hydrogen-bond donors (Lipinski definition) is 1. The van der Waals surface area contributed by atoms with E-state index < -0.39 is 10.0 Å². The molecule has 2 fully saturated rings. The lowest BCUT2D eigenvalue weighted by molar-refractivity contribution is 0.0944. The standard InChI is InChI=1S/C19H28BrN3O3S/c1-15(14-22-8-2-3-9-22)13-21-19(24)17-12-16(6-7-18(17)20)27(25,26)23-10-4-5-11-23/h6-7,12,15H,2-5,8-11,13-14H2,1H3,(H,21,24). The van der Waals surface area contributed by atoms with Crippen LogP contribution in [0.4, 0.5) is 0 Å². The van der Waals surface area contributed by atoms with Gasteiger partial charge in [-0.1, -0.05) is 6.92 Å². The van der Waals surface area contributed by atoms with E-state index in [1.165, 1.54) is 23.2 Å². The largest absolute Gasteiger partial charge is 0.352 e.